The first-order chi connectivity index (χ1) is 8.25. The maximum absolute atomic E-state index is 4.48. The molecule has 0 radical (unpaired) electrons. The van der Waals surface area contributed by atoms with Gasteiger partial charge in [-0.25, -0.2) is 0 Å². The Balaban J connectivity index is 2.21. The van der Waals surface area contributed by atoms with Crippen LogP contribution in [0.1, 0.15) is 38.7 Å². The van der Waals surface area contributed by atoms with Crippen LogP contribution in [0.3, 0.4) is 0 Å². The Morgan fingerprint density at radius 2 is 1.88 bits per heavy atom. The summed E-state index contributed by atoms with van der Waals surface area (Å²) >= 11 is 0. The molecule has 17 heavy (non-hydrogen) atoms. The van der Waals surface area contributed by atoms with E-state index in [4.69, 9.17) is 0 Å². The Morgan fingerprint density at radius 3 is 2.65 bits per heavy atom. The average molecular weight is 227 g/mol. The van der Waals surface area contributed by atoms with Crippen molar-refractivity contribution in [2.75, 3.05) is 0 Å². The molecule has 1 aromatic carbocycles. The van der Waals surface area contributed by atoms with Crippen molar-refractivity contribution in [2.24, 2.45) is 16.8 Å². The lowest BCUT2D eigenvalue weighted by Gasteiger charge is -2.13. The number of nitrogens with zero attached hydrogens (tertiary/aromatic N) is 1. The summed E-state index contributed by atoms with van der Waals surface area (Å²) in [4.78, 5) is 4.48. The van der Waals surface area contributed by atoms with Crippen molar-refractivity contribution in [3.05, 3.63) is 42.1 Å². The van der Waals surface area contributed by atoms with E-state index in [1.165, 1.54) is 24.0 Å². The van der Waals surface area contributed by atoms with Crippen molar-refractivity contribution in [1.82, 2.24) is 0 Å². The fourth-order valence-corrected chi connectivity index (χ4v) is 2.43. The van der Waals surface area contributed by atoms with E-state index in [1.54, 1.807) is 0 Å². The zero-order valence-corrected chi connectivity index (χ0v) is 10.8. The summed E-state index contributed by atoms with van der Waals surface area (Å²) in [6.07, 6.45) is 7.78. The van der Waals surface area contributed by atoms with Crippen LogP contribution in [0.15, 0.2) is 41.5 Å². The molecule has 0 aromatic heterocycles. The summed E-state index contributed by atoms with van der Waals surface area (Å²) < 4.78 is 0. The van der Waals surface area contributed by atoms with Gasteiger partial charge in [-0.3, -0.25) is 4.99 Å². The van der Waals surface area contributed by atoms with Crippen molar-refractivity contribution in [3.8, 4) is 0 Å². The molecule has 90 valence electrons. The molecule has 0 amide bonds. The summed E-state index contributed by atoms with van der Waals surface area (Å²) in [7, 11) is 0. The van der Waals surface area contributed by atoms with Crippen LogP contribution in [0.2, 0.25) is 0 Å². The molecule has 0 aliphatic carbocycles. The molecule has 1 heteroatoms. The summed E-state index contributed by atoms with van der Waals surface area (Å²) in [5.74, 6) is 1.37. The van der Waals surface area contributed by atoms with Crippen LogP contribution in [0.25, 0.3) is 5.57 Å². The molecule has 1 aromatic rings. The second-order valence-electron chi connectivity index (χ2n) is 5.18. The van der Waals surface area contributed by atoms with E-state index in [1.807, 2.05) is 6.20 Å². The minimum Gasteiger partial charge on any atom is -0.269 e. The number of aliphatic imine (C=N–C) groups is 1. The fourth-order valence-electron chi connectivity index (χ4n) is 2.43. The minimum absolute atomic E-state index is 0.594. The molecule has 2 rings (SSSR count). The second-order valence-corrected chi connectivity index (χ2v) is 5.18. The van der Waals surface area contributed by atoms with Crippen molar-refractivity contribution in [3.63, 3.8) is 0 Å². The van der Waals surface area contributed by atoms with E-state index < -0.39 is 0 Å². The van der Waals surface area contributed by atoms with Gasteiger partial charge in [0, 0.05) is 12.4 Å². The topological polar surface area (TPSA) is 12.4 Å². The van der Waals surface area contributed by atoms with Gasteiger partial charge in [0.2, 0.25) is 0 Å². The Bertz CT molecular complexity index is 403. The molecule has 2 atom stereocenters. The number of rotatable bonds is 1. The molecule has 0 saturated heterocycles. The molecule has 0 saturated carbocycles. The normalized spacial score (nSPS) is 28.7. The number of hydrogen-bond donors (Lipinski definition) is 0. The Labute approximate surface area is 104 Å². The number of benzene rings is 1. The quantitative estimate of drug-likeness (QED) is 0.667. The maximum atomic E-state index is 4.48. The summed E-state index contributed by atoms with van der Waals surface area (Å²) in [5, 5.41) is 0. The highest BCUT2D eigenvalue weighted by molar-refractivity contribution is 5.69. The highest BCUT2D eigenvalue weighted by Gasteiger charge is 2.10. The van der Waals surface area contributed by atoms with Gasteiger partial charge < -0.3 is 0 Å². The van der Waals surface area contributed by atoms with E-state index in [0.29, 0.717) is 5.92 Å². The Morgan fingerprint density at radius 1 is 1.12 bits per heavy atom. The van der Waals surface area contributed by atoms with Crippen LogP contribution >= 0.6 is 0 Å². The summed E-state index contributed by atoms with van der Waals surface area (Å²) in [6, 6.07) is 10.6. The van der Waals surface area contributed by atoms with Crippen LogP contribution in [0.5, 0.6) is 0 Å². The van der Waals surface area contributed by atoms with E-state index in [-0.39, 0.29) is 0 Å². The van der Waals surface area contributed by atoms with Crippen LogP contribution in [0.4, 0.5) is 0 Å². The van der Waals surface area contributed by atoms with E-state index >= 15 is 0 Å². The molecule has 1 heterocycles. The van der Waals surface area contributed by atoms with Crippen LogP contribution in [-0.2, 0) is 0 Å². The van der Waals surface area contributed by atoms with Gasteiger partial charge in [0.05, 0.1) is 0 Å². The first kappa shape index (κ1) is 12.1. The Hall–Kier alpha value is -1.37. The lowest BCUT2D eigenvalue weighted by Crippen LogP contribution is -2.03. The third-order valence-electron chi connectivity index (χ3n) is 3.40. The van der Waals surface area contributed by atoms with E-state index in [0.717, 1.165) is 12.3 Å². The largest absolute Gasteiger partial charge is 0.269 e. The highest BCUT2D eigenvalue weighted by atomic mass is 14.7. The molecule has 1 aliphatic rings. The minimum atomic E-state index is 0.594. The van der Waals surface area contributed by atoms with Crippen LogP contribution in [0, 0.1) is 11.8 Å². The molecule has 2 unspecified atom stereocenters. The highest BCUT2D eigenvalue weighted by Crippen LogP contribution is 2.26. The van der Waals surface area contributed by atoms with Gasteiger partial charge >= 0.3 is 0 Å². The molecule has 1 aliphatic heterocycles. The molecule has 0 N–H and O–H groups in total. The lowest BCUT2D eigenvalue weighted by atomic mass is 9.91. The standard InChI is InChI=1S/C16H21N/c1-13-8-9-16(12-17-11-14(2)10-13)15-6-4-3-5-7-15/h3-7,11-14H,8-10H2,1-2H3/b16-12+,17-11?. The van der Waals surface area contributed by atoms with Crippen molar-refractivity contribution < 1.29 is 0 Å². The molecule has 0 bridgehead atoms. The average Bonchev–Trinajstić information content (AvgIpc) is 2.41. The van der Waals surface area contributed by atoms with Crippen LogP contribution in [-0.4, -0.2) is 6.21 Å². The van der Waals surface area contributed by atoms with Gasteiger partial charge in [-0.05, 0) is 42.2 Å². The summed E-state index contributed by atoms with van der Waals surface area (Å²) in [5.41, 5.74) is 2.68. The van der Waals surface area contributed by atoms with Gasteiger partial charge in [-0.2, -0.15) is 0 Å². The molecular formula is C16H21N. The molecule has 0 spiro atoms. The lowest BCUT2D eigenvalue weighted by molar-refractivity contribution is 0.461. The van der Waals surface area contributed by atoms with Crippen molar-refractivity contribution >= 4 is 11.8 Å². The SMILES string of the molecule is CC1C=N/C=C(/c2ccccc2)CCC(C)C1. The first-order valence-electron chi connectivity index (χ1n) is 6.53. The van der Waals surface area contributed by atoms with E-state index in [9.17, 15) is 0 Å². The molecular weight excluding hydrogens is 206 g/mol. The van der Waals surface area contributed by atoms with E-state index in [2.05, 4.69) is 55.4 Å². The van der Waals surface area contributed by atoms with Gasteiger partial charge in [0.25, 0.3) is 0 Å². The maximum Gasteiger partial charge on any atom is 0.0302 e. The second kappa shape index (κ2) is 5.81. The van der Waals surface area contributed by atoms with Crippen molar-refractivity contribution in [2.45, 2.75) is 33.1 Å². The third-order valence-corrected chi connectivity index (χ3v) is 3.40. The zero-order chi connectivity index (χ0) is 12.1. The van der Waals surface area contributed by atoms with Crippen LogP contribution < -0.4 is 0 Å². The molecule has 0 fully saturated rings. The molecule has 1 nitrogen and oxygen atoms in total. The predicted molar refractivity (Wildman–Crippen MR) is 75.1 cm³/mol. The predicted octanol–water partition coefficient (Wildman–Crippen LogP) is 4.55. The third kappa shape index (κ3) is 3.55. The monoisotopic (exact) mass is 227 g/mol. The van der Waals surface area contributed by atoms with Gasteiger partial charge in [0.15, 0.2) is 0 Å². The fraction of sp³-hybridized carbons (Fsp3) is 0.438. The van der Waals surface area contributed by atoms with Crippen molar-refractivity contribution in [1.29, 1.82) is 0 Å². The summed E-state index contributed by atoms with van der Waals surface area (Å²) in [6.45, 7) is 4.60. The zero-order valence-electron chi connectivity index (χ0n) is 10.8. The smallest absolute Gasteiger partial charge is 0.0302 e. The van der Waals surface area contributed by atoms with Gasteiger partial charge in [-0.15, -0.1) is 0 Å². The number of hydrogen-bond acceptors (Lipinski definition) is 1. The number of allylic oxidation sites excluding steroid dienone is 1. The van der Waals surface area contributed by atoms with Gasteiger partial charge in [0.1, 0.15) is 0 Å². The van der Waals surface area contributed by atoms with Gasteiger partial charge in [-0.1, -0.05) is 44.2 Å². The Kier molecular flexibility index (Phi) is 4.13. The first-order valence-corrected chi connectivity index (χ1v) is 6.53.